The van der Waals surface area contributed by atoms with Crippen LogP contribution in [0.15, 0.2) is 73.9 Å². The van der Waals surface area contributed by atoms with Gasteiger partial charge in [-0.1, -0.05) is 74.6 Å². The fourth-order valence-electron chi connectivity index (χ4n) is 7.43. The van der Waals surface area contributed by atoms with Gasteiger partial charge in [-0.3, -0.25) is 29.0 Å². The summed E-state index contributed by atoms with van der Waals surface area (Å²) >= 11 is 0. The molecule has 2 saturated carbocycles. The number of nitrogens with zero attached hydrogens (tertiary/aromatic N) is 2. The molecule has 0 radical (unpaired) electrons. The molecule has 40 heavy (non-hydrogen) atoms. The normalized spacial score (nSPS) is 33.5. The third-order valence-corrected chi connectivity index (χ3v) is 9.37. The molecular formula is C34H40N2O4. The van der Waals surface area contributed by atoms with Crippen molar-refractivity contribution < 1.29 is 19.2 Å². The number of hydrogen-bond acceptors (Lipinski definition) is 4. The van der Waals surface area contributed by atoms with Crippen LogP contribution in [0.2, 0.25) is 0 Å². The Balaban J connectivity index is 0.000000361. The zero-order chi connectivity index (χ0) is 28.6. The van der Waals surface area contributed by atoms with Crippen molar-refractivity contribution in [1.82, 2.24) is 9.80 Å². The predicted molar refractivity (Wildman–Crippen MR) is 154 cm³/mol. The monoisotopic (exact) mass is 540 g/mol. The number of rotatable bonds is 6. The lowest BCUT2D eigenvalue weighted by atomic mass is 9.85. The lowest BCUT2D eigenvalue weighted by Gasteiger charge is -2.19. The van der Waals surface area contributed by atoms with E-state index in [2.05, 4.69) is 51.3 Å². The molecule has 6 aliphatic rings. The molecule has 4 amide bonds. The van der Waals surface area contributed by atoms with Crippen LogP contribution in [0.3, 0.4) is 0 Å². The van der Waals surface area contributed by atoms with Crippen molar-refractivity contribution in [3.05, 3.63) is 85.0 Å². The van der Waals surface area contributed by atoms with Crippen LogP contribution in [0.5, 0.6) is 0 Å². The summed E-state index contributed by atoms with van der Waals surface area (Å²) in [4.78, 5) is 54.8. The van der Waals surface area contributed by atoms with E-state index in [-0.39, 0.29) is 84.1 Å². The molecule has 4 aliphatic carbocycles. The number of benzene rings is 1. The maximum atomic E-state index is 13.0. The van der Waals surface area contributed by atoms with Gasteiger partial charge in [-0.2, -0.15) is 0 Å². The predicted octanol–water partition coefficient (Wildman–Crippen LogP) is 5.47. The smallest absolute Gasteiger partial charge is 0.234 e. The van der Waals surface area contributed by atoms with Gasteiger partial charge in [0.2, 0.25) is 23.6 Å². The summed E-state index contributed by atoms with van der Waals surface area (Å²) in [7, 11) is 0. The van der Waals surface area contributed by atoms with Crippen LogP contribution in [0.25, 0.3) is 0 Å². The van der Waals surface area contributed by atoms with Gasteiger partial charge in [0, 0.05) is 0 Å². The third-order valence-electron chi connectivity index (χ3n) is 9.37. The van der Waals surface area contributed by atoms with Crippen molar-refractivity contribution >= 4 is 23.6 Å². The lowest BCUT2D eigenvalue weighted by molar-refractivity contribution is -0.142. The number of hydrogen-bond donors (Lipinski definition) is 0. The lowest BCUT2D eigenvalue weighted by Crippen LogP contribution is -2.33. The van der Waals surface area contributed by atoms with Gasteiger partial charge in [-0.05, 0) is 60.5 Å². The number of allylic oxidation sites excluding steroid dienone is 6. The van der Waals surface area contributed by atoms with Crippen molar-refractivity contribution in [3.8, 4) is 0 Å². The molecule has 6 nitrogen and oxygen atoms in total. The SMILES string of the molecule is C=CCC.C=CCC.O=C1C2C3C=CC(C3)C2C(=O)N1Cc1cccc(CN2C(=O)C3C4C=CC(C4)C3C2=O)c1. The average molecular weight is 541 g/mol. The largest absolute Gasteiger partial charge is 0.278 e. The van der Waals surface area contributed by atoms with Gasteiger partial charge in [0.1, 0.15) is 0 Å². The van der Waals surface area contributed by atoms with Crippen LogP contribution in [-0.4, -0.2) is 33.4 Å². The van der Waals surface area contributed by atoms with Crippen molar-refractivity contribution in [2.45, 2.75) is 52.6 Å². The number of fused-ring (bicyclic) bond motifs is 10. The molecule has 0 N–H and O–H groups in total. The average Bonchev–Trinajstić information content (AvgIpc) is 3.82. The van der Waals surface area contributed by atoms with E-state index in [9.17, 15) is 19.2 Å². The number of carbonyl (C=O) groups is 4. The summed E-state index contributed by atoms with van der Waals surface area (Å²) in [6.07, 6.45) is 16.2. The van der Waals surface area contributed by atoms with Crippen molar-refractivity contribution in [2.24, 2.45) is 47.3 Å². The molecule has 6 heteroatoms. The van der Waals surface area contributed by atoms with E-state index in [1.807, 2.05) is 36.4 Å². The fourth-order valence-corrected chi connectivity index (χ4v) is 7.43. The Bertz CT molecular complexity index is 1120. The molecule has 8 atom stereocenters. The number of imide groups is 2. The highest BCUT2D eigenvalue weighted by atomic mass is 16.2. The minimum Gasteiger partial charge on any atom is -0.278 e. The molecule has 2 heterocycles. The molecule has 1 aromatic carbocycles. The van der Waals surface area contributed by atoms with E-state index in [1.54, 1.807) is 0 Å². The van der Waals surface area contributed by atoms with E-state index in [0.29, 0.717) is 0 Å². The second-order valence-corrected chi connectivity index (χ2v) is 11.7. The maximum absolute atomic E-state index is 13.0. The number of amides is 4. The standard InChI is InChI=1S/C26H24N2O4.2C4H8/c29-23-19-15-4-5-16(9-15)20(19)24(30)27(23)11-13-2-1-3-14(8-13)12-28-25(31)21-17-6-7-18(10-17)22(21)26(28)32;2*1-3-4-2/h1-8,15-22H,9-12H2;2*3H,1,4H2,2H3. The Kier molecular flexibility index (Phi) is 8.07. The van der Waals surface area contributed by atoms with E-state index in [0.717, 1.165) is 36.8 Å². The summed E-state index contributed by atoms with van der Waals surface area (Å²) in [5.41, 5.74) is 1.70. The number of likely N-dealkylation sites (tertiary alicyclic amines) is 2. The van der Waals surface area contributed by atoms with Crippen LogP contribution in [-0.2, 0) is 32.3 Å². The first-order valence-electron chi connectivity index (χ1n) is 14.7. The summed E-state index contributed by atoms with van der Waals surface area (Å²) in [5, 5.41) is 0. The van der Waals surface area contributed by atoms with Gasteiger partial charge >= 0.3 is 0 Å². The van der Waals surface area contributed by atoms with Gasteiger partial charge in [0.15, 0.2) is 0 Å². The Morgan fingerprint density at radius 2 is 0.950 bits per heavy atom. The Morgan fingerprint density at radius 3 is 1.23 bits per heavy atom. The first-order chi connectivity index (χ1) is 19.3. The zero-order valence-corrected chi connectivity index (χ0v) is 23.6. The maximum Gasteiger partial charge on any atom is 0.234 e. The van der Waals surface area contributed by atoms with Gasteiger partial charge in [-0.25, -0.2) is 0 Å². The summed E-state index contributed by atoms with van der Waals surface area (Å²) < 4.78 is 0. The molecule has 7 rings (SSSR count). The highest BCUT2D eigenvalue weighted by molar-refractivity contribution is 6.07. The molecule has 8 unspecified atom stereocenters. The minimum atomic E-state index is -0.191. The second-order valence-electron chi connectivity index (χ2n) is 11.7. The highest BCUT2D eigenvalue weighted by Gasteiger charge is 2.60. The third kappa shape index (κ3) is 4.71. The van der Waals surface area contributed by atoms with Crippen LogP contribution >= 0.6 is 0 Å². The Hall–Kier alpha value is -3.54. The Labute approximate surface area is 237 Å². The van der Waals surface area contributed by atoms with Crippen molar-refractivity contribution in [1.29, 1.82) is 0 Å². The van der Waals surface area contributed by atoms with Crippen LogP contribution in [0.1, 0.15) is 50.7 Å². The minimum absolute atomic E-state index is 0.0528. The fraction of sp³-hybridized carbons (Fsp3) is 0.471. The summed E-state index contributed by atoms with van der Waals surface area (Å²) in [6.45, 7) is 11.6. The molecule has 210 valence electrons. The van der Waals surface area contributed by atoms with E-state index in [4.69, 9.17) is 0 Å². The Morgan fingerprint density at radius 1 is 0.650 bits per heavy atom. The first kappa shape index (κ1) is 28.0. The van der Waals surface area contributed by atoms with Crippen molar-refractivity contribution in [2.75, 3.05) is 0 Å². The van der Waals surface area contributed by atoms with Crippen LogP contribution in [0.4, 0.5) is 0 Å². The van der Waals surface area contributed by atoms with E-state index >= 15 is 0 Å². The van der Waals surface area contributed by atoms with Gasteiger partial charge in [-0.15, -0.1) is 13.2 Å². The highest BCUT2D eigenvalue weighted by Crippen LogP contribution is 2.53. The summed E-state index contributed by atoms with van der Waals surface area (Å²) in [5.74, 6) is -0.163. The second kappa shape index (κ2) is 11.5. The molecule has 0 spiro atoms. The quantitative estimate of drug-likeness (QED) is 0.355. The van der Waals surface area contributed by atoms with Gasteiger partial charge in [0.25, 0.3) is 0 Å². The van der Waals surface area contributed by atoms with Crippen LogP contribution in [0, 0.1) is 47.3 Å². The first-order valence-corrected chi connectivity index (χ1v) is 14.7. The molecule has 2 aliphatic heterocycles. The number of carbonyl (C=O) groups excluding carboxylic acids is 4. The van der Waals surface area contributed by atoms with Gasteiger partial charge < -0.3 is 0 Å². The van der Waals surface area contributed by atoms with E-state index in [1.165, 1.54) is 9.80 Å². The molecule has 2 saturated heterocycles. The topological polar surface area (TPSA) is 74.8 Å². The zero-order valence-electron chi connectivity index (χ0n) is 23.6. The molecule has 4 bridgehead atoms. The summed E-state index contributed by atoms with van der Waals surface area (Å²) in [6, 6.07) is 7.59. The van der Waals surface area contributed by atoms with Crippen LogP contribution < -0.4 is 0 Å². The molecule has 1 aromatic rings. The molecule has 0 aromatic heterocycles. The van der Waals surface area contributed by atoms with E-state index < -0.39 is 0 Å². The van der Waals surface area contributed by atoms with Crippen molar-refractivity contribution in [3.63, 3.8) is 0 Å². The van der Waals surface area contributed by atoms with Gasteiger partial charge in [0.05, 0.1) is 36.8 Å². The molecule has 4 fully saturated rings. The molecular weight excluding hydrogens is 500 g/mol.